The van der Waals surface area contributed by atoms with Gasteiger partial charge < -0.3 is 37.0 Å². The molecule has 0 aromatic rings. The van der Waals surface area contributed by atoms with E-state index in [1.165, 1.54) is 18.7 Å². The van der Waals surface area contributed by atoms with Gasteiger partial charge in [0.25, 0.3) is 0 Å². The topological polar surface area (TPSA) is 208 Å². The molecule has 4 unspecified atom stereocenters. The standard InChI is InChI=1S/C15H26N4O8S/c1-7(20)12(15(26)27)19-14(25)9(3-4-28-2)18-10(21)6-17-13(24)8(16)5-11(22)23/h7-9,12,20H,3-6,16H2,1-2H3,(H,17,24)(H,18,21)(H,19,25)(H,22,23)(H,26,27). The van der Waals surface area contributed by atoms with E-state index >= 15 is 0 Å². The third-order valence-corrected chi connectivity index (χ3v) is 4.11. The summed E-state index contributed by atoms with van der Waals surface area (Å²) in [5.74, 6) is -4.63. The molecule has 0 aromatic heterocycles. The quantitative estimate of drug-likeness (QED) is 0.161. The predicted molar refractivity (Wildman–Crippen MR) is 99.4 cm³/mol. The minimum absolute atomic E-state index is 0.178. The maximum Gasteiger partial charge on any atom is 0.328 e. The monoisotopic (exact) mass is 422 g/mol. The van der Waals surface area contributed by atoms with E-state index in [9.17, 15) is 29.1 Å². The highest BCUT2D eigenvalue weighted by atomic mass is 32.2. The van der Waals surface area contributed by atoms with E-state index < -0.39 is 66.9 Å². The Morgan fingerprint density at radius 3 is 2.14 bits per heavy atom. The highest BCUT2D eigenvalue weighted by molar-refractivity contribution is 7.98. The summed E-state index contributed by atoms with van der Waals surface area (Å²) in [6.45, 7) is 0.651. The molecule has 0 aromatic carbocycles. The number of aliphatic carboxylic acids is 2. The number of aliphatic hydroxyl groups is 1. The molecule has 0 saturated heterocycles. The Morgan fingerprint density at radius 1 is 1.07 bits per heavy atom. The lowest BCUT2D eigenvalue weighted by Gasteiger charge is -2.22. The molecule has 13 heteroatoms. The largest absolute Gasteiger partial charge is 0.481 e. The van der Waals surface area contributed by atoms with Crippen molar-refractivity contribution in [2.24, 2.45) is 5.73 Å². The Hall–Kier alpha value is -2.38. The molecule has 0 fully saturated rings. The Bertz CT molecular complexity index is 586. The number of nitrogens with one attached hydrogen (secondary N) is 3. The molecule has 0 saturated carbocycles. The van der Waals surface area contributed by atoms with E-state index in [1.54, 1.807) is 6.26 Å². The maximum absolute atomic E-state index is 12.3. The fraction of sp³-hybridized carbons (Fsp3) is 0.667. The number of carbonyl (C=O) groups excluding carboxylic acids is 3. The molecule has 28 heavy (non-hydrogen) atoms. The van der Waals surface area contributed by atoms with E-state index in [0.29, 0.717) is 5.75 Å². The second kappa shape index (κ2) is 12.9. The Balaban J connectivity index is 4.82. The molecule has 4 atom stereocenters. The van der Waals surface area contributed by atoms with E-state index in [2.05, 4.69) is 16.0 Å². The summed E-state index contributed by atoms with van der Waals surface area (Å²) in [6.07, 6.45) is -0.00993. The maximum atomic E-state index is 12.3. The first kappa shape index (κ1) is 25.6. The SMILES string of the molecule is CSCCC(NC(=O)CNC(=O)C(N)CC(=O)O)C(=O)NC(C(=O)O)C(C)O. The molecule has 0 aliphatic rings. The van der Waals surface area contributed by atoms with Crippen LogP contribution in [0.25, 0.3) is 0 Å². The number of aliphatic hydroxyl groups excluding tert-OH is 1. The minimum Gasteiger partial charge on any atom is -0.481 e. The van der Waals surface area contributed by atoms with Crippen LogP contribution in [-0.4, -0.2) is 87.8 Å². The second-order valence-corrected chi connectivity index (χ2v) is 6.87. The van der Waals surface area contributed by atoms with Crippen molar-refractivity contribution in [2.45, 2.75) is 44.0 Å². The van der Waals surface area contributed by atoms with Gasteiger partial charge >= 0.3 is 11.9 Å². The lowest BCUT2D eigenvalue weighted by atomic mass is 10.1. The molecule has 3 amide bonds. The summed E-state index contributed by atoms with van der Waals surface area (Å²) < 4.78 is 0. The van der Waals surface area contributed by atoms with Crippen molar-refractivity contribution in [3.63, 3.8) is 0 Å². The lowest BCUT2D eigenvalue weighted by Crippen LogP contribution is -2.56. The molecule has 0 aliphatic carbocycles. The van der Waals surface area contributed by atoms with Crippen LogP contribution in [0.4, 0.5) is 0 Å². The van der Waals surface area contributed by atoms with Crippen molar-refractivity contribution < 1.29 is 39.3 Å². The number of thioether (sulfide) groups is 1. The van der Waals surface area contributed by atoms with Gasteiger partial charge in [-0.25, -0.2) is 4.79 Å². The van der Waals surface area contributed by atoms with Crippen LogP contribution < -0.4 is 21.7 Å². The summed E-state index contributed by atoms with van der Waals surface area (Å²) >= 11 is 1.39. The Morgan fingerprint density at radius 2 is 1.68 bits per heavy atom. The van der Waals surface area contributed by atoms with Crippen LogP contribution >= 0.6 is 11.8 Å². The summed E-state index contributed by atoms with van der Waals surface area (Å²) in [7, 11) is 0. The van der Waals surface area contributed by atoms with Gasteiger partial charge in [0.2, 0.25) is 17.7 Å². The van der Waals surface area contributed by atoms with Crippen molar-refractivity contribution in [3.05, 3.63) is 0 Å². The van der Waals surface area contributed by atoms with Crippen LogP contribution in [0.5, 0.6) is 0 Å². The second-order valence-electron chi connectivity index (χ2n) is 5.89. The summed E-state index contributed by atoms with van der Waals surface area (Å²) in [5.41, 5.74) is 5.36. The molecule has 0 aliphatic heterocycles. The van der Waals surface area contributed by atoms with Crippen LogP contribution in [0, 0.1) is 0 Å². The summed E-state index contributed by atoms with van der Waals surface area (Å²) in [5, 5.41) is 33.7. The molecule has 0 bridgehead atoms. The van der Waals surface area contributed by atoms with Gasteiger partial charge in [-0.2, -0.15) is 11.8 Å². The highest BCUT2D eigenvalue weighted by Gasteiger charge is 2.29. The molecule has 12 nitrogen and oxygen atoms in total. The zero-order chi connectivity index (χ0) is 21.9. The number of nitrogens with two attached hydrogens (primary N) is 1. The zero-order valence-corrected chi connectivity index (χ0v) is 16.3. The third-order valence-electron chi connectivity index (χ3n) is 3.46. The average Bonchev–Trinajstić information content (AvgIpc) is 2.59. The summed E-state index contributed by atoms with van der Waals surface area (Å²) in [4.78, 5) is 57.5. The zero-order valence-electron chi connectivity index (χ0n) is 15.5. The van der Waals surface area contributed by atoms with Gasteiger partial charge in [-0.1, -0.05) is 0 Å². The van der Waals surface area contributed by atoms with Crippen LogP contribution in [0.2, 0.25) is 0 Å². The molecule has 160 valence electrons. The van der Waals surface area contributed by atoms with E-state index in [1.807, 2.05) is 0 Å². The van der Waals surface area contributed by atoms with E-state index in [0.717, 1.165) is 0 Å². The van der Waals surface area contributed by atoms with Gasteiger partial charge in [0.15, 0.2) is 6.04 Å². The van der Waals surface area contributed by atoms with Gasteiger partial charge in [0.1, 0.15) is 6.04 Å². The van der Waals surface area contributed by atoms with Crippen molar-refractivity contribution in [2.75, 3.05) is 18.6 Å². The van der Waals surface area contributed by atoms with Crippen LogP contribution in [0.15, 0.2) is 0 Å². The number of amides is 3. The molecule has 8 N–H and O–H groups in total. The van der Waals surface area contributed by atoms with Crippen molar-refractivity contribution in [3.8, 4) is 0 Å². The Labute approximate surface area is 165 Å². The van der Waals surface area contributed by atoms with Crippen LogP contribution in [0.3, 0.4) is 0 Å². The number of carboxylic acid groups (broad SMARTS) is 2. The van der Waals surface area contributed by atoms with E-state index in [4.69, 9.17) is 15.9 Å². The fourth-order valence-electron chi connectivity index (χ4n) is 1.97. The molecule has 0 spiro atoms. The van der Waals surface area contributed by atoms with Gasteiger partial charge in [0.05, 0.1) is 25.1 Å². The van der Waals surface area contributed by atoms with Crippen molar-refractivity contribution >= 4 is 41.4 Å². The lowest BCUT2D eigenvalue weighted by molar-refractivity contribution is -0.145. The van der Waals surface area contributed by atoms with Crippen LogP contribution in [0.1, 0.15) is 19.8 Å². The number of rotatable bonds is 13. The first-order valence-corrected chi connectivity index (χ1v) is 9.63. The molecule has 0 heterocycles. The van der Waals surface area contributed by atoms with Crippen molar-refractivity contribution in [1.29, 1.82) is 0 Å². The molecular weight excluding hydrogens is 396 g/mol. The molecular formula is C15H26N4O8S. The molecule has 0 radical (unpaired) electrons. The first-order chi connectivity index (χ1) is 13.0. The minimum atomic E-state index is -1.55. The predicted octanol–water partition coefficient (Wildman–Crippen LogP) is -2.91. The number of hydrogen-bond acceptors (Lipinski definition) is 8. The number of carbonyl (C=O) groups is 5. The third kappa shape index (κ3) is 10.1. The smallest absolute Gasteiger partial charge is 0.328 e. The van der Waals surface area contributed by atoms with E-state index in [-0.39, 0.29) is 6.42 Å². The fourth-order valence-corrected chi connectivity index (χ4v) is 2.44. The molecule has 0 rings (SSSR count). The average molecular weight is 422 g/mol. The Kier molecular flexibility index (Phi) is 11.8. The number of carboxylic acids is 2. The van der Waals surface area contributed by atoms with Crippen molar-refractivity contribution in [1.82, 2.24) is 16.0 Å². The van der Waals surface area contributed by atoms with Gasteiger partial charge in [0, 0.05) is 0 Å². The first-order valence-electron chi connectivity index (χ1n) is 8.24. The van der Waals surface area contributed by atoms with Crippen LogP contribution in [-0.2, 0) is 24.0 Å². The van der Waals surface area contributed by atoms with Gasteiger partial charge in [-0.3, -0.25) is 19.2 Å². The normalized spacial score (nSPS) is 14.9. The number of hydrogen-bond donors (Lipinski definition) is 7. The summed E-state index contributed by atoms with van der Waals surface area (Å²) in [6, 6.07) is -3.97. The van der Waals surface area contributed by atoms with Gasteiger partial charge in [-0.15, -0.1) is 0 Å². The van der Waals surface area contributed by atoms with Gasteiger partial charge in [-0.05, 0) is 25.4 Å². The highest BCUT2D eigenvalue weighted by Crippen LogP contribution is 2.03.